The van der Waals surface area contributed by atoms with Crippen LogP contribution in [0.4, 0.5) is 11.4 Å². The highest BCUT2D eigenvalue weighted by Crippen LogP contribution is 2.21. The maximum absolute atomic E-state index is 10.7. The third-order valence-corrected chi connectivity index (χ3v) is 3.11. The minimum atomic E-state index is -0.778. The maximum atomic E-state index is 10.7. The van der Waals surface area contributed by atoms with Gasteiger partial charge in [-0.2, -0.15) is 0 Å². The normalized spacial score (nSPS) is 11.9. The van der Waals surface area contributed by atoms with Crippen LogP contribution in [0.15, 0.2) is 54.6 Å². The summed E-state index contributed by atoms with van der Waals surface area (Å²) in [5.41, 5.74) is 1.52. The lowest BCUT2D eigenvalue weighted by atomic mass is 10.1. The van der Waals surface area contributed by atoms with Gasteiger partial charge in [0.15, 0.2) is 0 Å². The van der Waals surface area contributed by atoms with Gasteiger partial charge in [-0.3, -0.25) is 10.1 Å². The SMILES string of the molecule is CN(CC(O)c1cccc([N+](=O)[O-])c1)c1ccccc1. The number of non-ortho nitro benzene ring substituents is 1. The molecule has 0 aliphatic carbocycles. The van der Waals surface area contributed by atoms with Crippen molar-refractivity contribution in [1.29, 1.82) is 0 Å². The zero-order chi connectivity index (χ0) is 14.5. The van der Waals surface area contributed by atoms with Crippen molar-refractivity contribution >= 4 is 11.4 Å². The number of anilines is 1. The number of nitro benzene ring substituents is 1. The Bertz CT molecular complexity index is 587. The molecule has 2 rings (SSSR count). The molecular formula is C15H16N2O3. The second-order valence-electron chi connectivity index (χ2n) is 4.58. The topological polar surface area (TPSA) is 66.6 Å². The molecule has 0 radical (unpaired) electrons. The molecule has 1 atom stereocenters. The summed E-state index contributed by atoms with van der Waals surface area (Å²) in [5, 5.41) is 20.9. The number of rotatable bonds is 5. The fraction of sp³-hybridized carbons (Fsp3) is 0.200. The summed E-state index contributed by atoms with van der Waals surface area (Å²) in [5.74, 6) is 0. The summed E-state index contributed by atoms with van der Waals surface area (Å²) in [6.07, 6.45) is -0.778. The standard InChI is InChI=1S/C15H16N2O3/c1-16(13-7-3-2-4-8-13)11-15(18)12-6-5-9-14(10-12)17(19)20/h2-10,15,18H,11H2,1H3. The molecule has 20 heavy (non-hydrogen) atoms. The molecule has 0 aliphatic rings. The second kappa shape index (κ2) is 6.16. The summed E-state index contributed by atoms with van der Waals surface area (Å²) >= 11 is 0. The average Bonchev–Trinajstić information content (AvgIpc) is 2.48. The van der Waals surface area contributed by atoms with Crippen LogP contribution in [-0.4, -0.2) is 23.6 Å². The Hall–Kier alpha value is -2.40. The number of nitrogens with zero attached hydrogens (tertiary/aromatic N) is 2. The lowest BCUT2D eigenvalue weighted by Crippen LogP contribution is -2.24. The minimum absolute atomic E-state index is 0.0103. The van der Waals surface area contributed by atoms with Gasteiger partial charge < -0.3 is 10.0 Å². The highest BCUT2D eigenvalue weighted by molar-refractivity contribution is 5.45. The van der Waals surface area contributed by atoms with E-state index in [9.17, 15) is 15.2 Å². The molecule has 0 spiro atoms. The third-order valence-electron chi connectivity index (χ3n) is 3.11. The van der Waals surface area contributed by atoms with Crippen LogP contribution in [0.3, 0.4) is 0 Å². The van der Waals surface area contributed by atoms with Gasteiger partial charge in [-0.05, 0) is 17.7 Å². The number of para-hydroxylation sites is 1. The summed E-state index contributed by atoms with van der Waals surface area (Å²) < 4.78 is 0. The van der Waals surface area contributed by atoms with E-state index < -0.39 is 11.0 Å². The molecule has 5 nitrogen and oxygen atoms in total. The molecule has 5 heteroatoms. The van der Waals surface area contributed by atoms with Crippen LogP contribution in [0.25, 0.3) is 0 Å². The lowest BCUT2D eigenvalue weighted by molar-refractivity contribution is -0.385. The molecule has 0 amide bonds. The largest absolute Gasteiger partial charge is 0.387 e. The van der Waals surface area contributed by atoms with Crippen molar-refractivity contribution in [3.05, 3.63) is 70.3 Å². The molecule has 0 saturated heterocycles. The number of aliphatic hydroxyl groups excluding tert-OH is 1. The molecule has 0 heterocycles. The summed E-state index contributed by atoms with van der Waals surface area (Å²) in [6.45, 7) is 0.366. The van der Waals surface area contributed by atoms with E-state index in [0.717, 1.165) is 5.69 Å². The van der Waals surface area contributed by atoms with E-state index in [1.165, 1.54) is 12.1 Å². The molecule has 0 aliphatic heterocycles. The van der Waals surface area contributed by atoms with Crippen molar-refractivity contribution in [3.8, 4) is 0 Å². The van der Waals surface area contributed by atoms with Crippen molar-refractivity contribution in [2.45, 2.75) is 6.10 Å². The Kier molecular flexibility index (Phi) is 4.32. The van der Waals surface area contributed by atoms with Crippen LogP contribution in [0.2, 0.25) is 0 Å². The van der Waals surface area contributed by atoms with E-state index in [1.807, 2.05) is 42.3 Å². The number of aliphatic hydroxyl groups is 1. The van der Waals surface area contributed by atoms with E-state index >= 15 is 0 Å². The van der Waals surface area contributed by atoms with Crippen LogP contribution in [-0.2, 0) is 0 Å². The maximum Gasteiger partial charge on any atom is 0.269 e. The predicted molar refractivity (Wildman–Crippen MR) is 77.8 cm³/mol. The van der Waals surface area contributed by atoms with Crippen LogP contribution in [0.5, 0.6) is 0 Å². The zero-order valence-corrected chi connectivity index (χ0v) is 11.1. The first-order chi connectivity index (χ1) is 9.58. The Morgan fingerprint density at radius 2 is 1.90 bits per heavy atom. The Balaban J connectivity index is 2.10. The van der Waals surface area contributed by atoms with Crippen molar-refractivity contribution < 1.29 is 10.0 Å². The highest BCUT2D eigenvalue weighted by atomic mass is 16.6. The van der Waals surface area contributed by atoms with Crippen molar-refractivity contribution in [2.75, 3.05) is 18.5 Å². The van der Waals surface area contributed by atoms with Crippen molar-refractivity contribution in [1.82, 2.24) is 0 Å². The molecule has 0 fully saturated rings. The van der Waals surface area contributed by atoms with Gasteiger partial charge in [0.25, 0.3) is 5.69 Å². The molecule has 2 aromatic carbocycles. The quantitative estimate of drug-likeness (QED) is 0.671. The monoisotopic (exact) mass is 272 g/mol. The highest BCUT2D eigenvalue weighted by Gasteiger charge is 2.14. The third kappa shape index (κ3) is 3.33. The molecule has 0 saturated carbocycles. The molecule has 104 valence electrons. The number of likely N-dealkylation sites (N-methyl/N-ethyl adjacent to an activating group) is 1. The molecule has 2 aromatic rings. The van der Waals surface area contributed by atoms with Crippen LogP contribution in [0.1, 0.15) is 11.7 Å². The summed E-state index contributed by atoms with van der Waals surface area (Å²) in [6, 6.07) is 15.8. The molecule has 1 N–H and O–H groups in total. The Morgan fingerprint density at radius 3 is 2.55 bits per heavy atom. The molecule has 1 unspecified atom stereocenters. The summed E-state index contributed by atoms with van der Waals surface area (Å²) in [4.78, 5) is 12.2. The summed E-state index contributed by atoms with van der Waals surface area (Å²) in [7, 11) is 1.87. The van der Waals surface area contributed by atoms with Gasteiger partial charge in [-0.25, -0.2) is 0 Å². The Labute approximate surface area is 117 Å². The smallest absolute Gasteiger partial charge is 0.269 e. The number of benzene rings is 2. The van der Waals surface area contributed by atoms with E-state index in [4.69, 9.17) is 0 Å². The lowest BCUT2D eigenvalue weighted by Gasteiger charge is -2.22. The number of hydrogen-bond acceptors (Lipinski definition) is 4. The second-order valence-corrected chi connectivity index (χ2v) is 4.58. The van der Waals surface area contributed by atoms with Gasteiger partial charge in [-0.15, -0.1) is 0 Å². The fourth-order valence-corrected chi connectivity index (χ4v) is 2.00. The van der Waals surface area contributed by atoms with Gasteiger partial charge >= 0.3 is 0 Å². The minimum Gasteiger partial charge on any atom is -0.387 e. The first-order valence-corrected chi connectivity index (χ1v) is 6.26. The van der Waals surface area contributed by atoms with Crippen LogP contribution >= 0.6 is 0 Å². The fourth-order valence-electron chi connectivity index (χ4n) is 2.00. The molecule has 0 bridgehead atoms. The van der Waals surface area contributed by atoms with Crippen molar-refractivity contribution in [3.63, 3.8) is 0 Å². The molecular weight excluding hydrogens is 256 g/mol. The molecule has 0 aromatic heterocycles. The predicted octanol–water partition coefficient (Wildman–Crippen LogP) is 2.76. The Morgan fingerprint density at radius 1 is 1.20 bits per heavy atom. The van der Waals surface area contributed by atoms with Crippen LogP contribution < -0.4 is 4.90 Å². The van der Waals surface area contributed by atoms with Crippen LogP contribution in [0, 0.1) is 10.1 Å². The van der Waals surface area contributed by atoms with E-state index in [-0.39, 0.29) is 5.69 Å². The zero-order valence-electron chi connectivity index (χ0n) is 11.1. The van der Waals surface area contributed by atoms with E-state index in [2.05, 4.69) is 0 Å². The van der Waals surface area contributed by atoms with Gasteiger partial charge in [0, 0.05) is 31.4 Å². The first-order valence-electron chi connectivity index (χ1n) is 6.26. The first kappa shape index (κ1) is 14.0. The van der Waals surface area contributed by atoms with E-state index in [0.29, 0.717) is 12.1 Å². The van der Waals surface area contributed by atoms with Gasteiger partial charge in [0.05, 0.1) is 11.0 Å². The number of nitro groups is 1. The van der Waals surface area contributed by atoms with Gasteiger partial charge in [0.1, 0.15) is 0 Å². The van der Waals surface area contributed by atoms with Gasteiger partial charge in [0.2, 0.25) is 0 Å². The van der Waals surface area contributed by atoms with Crippen molar-refractivity contribution in [2.24, 2.45) is 0 Å². The number of hydrogen-bond donors (Lipinski definition) is 1. The van der Waals surface area contributed by atoms with E-state index in [1.54, 1.807) is 12.1 Å². The average molecular weight is 272 g/mol. The van der Waals surface area contributed by atoms with Gasteiger partial charge in [-0.1, -0.05) is 30.3 Å².